The molecule has 0 aromatic heterocycles. The number of hydrogen-bond donors (Lipinski definition) is 3. The van der Waals surface area contributed by atoms with Crippen LogP contribution in [0.5, 0.6) is 0 Å². The molecule has 0 spiro atoms. The van der Waals surface area contributed by atoms with Crippen molar-refractivity contribution in [1.82, 2.24) is 0 Å². The second kappa shape index (κ2) is 62.6. The predicted molar refractivity (Wildman–Crippen MR) is 372 cm³/mol. The summed E-state index contributed by atoms with van der Waals surface area (Å²) < 4.78 is 68.4. The molecule has 17 nitrogen and oxygen atoms in total. The summed E-state index contributed by atoms with van der Waals surface area (Å²) in [4.78, 5) is 72.7. The number of hydrogen-bond acceptors (Lipinski definition) is 15. The van der Waals surface area contributed by atoms with Gasteiger partial charge in [0, 0.05) is 25.7 Å². The minimum Gasteiger partial charge on any atom is -0.462 e. The Morgan fingerprint density at radius 2 is 0.522 bits per heavy atom. The highest BCUT2D eigenvalue weighted by Crippen LogP contribution is 2.45. The third kappa shape index (κ3) is 64.1. The van der Waals surface area contributed by atoms with E-state index in [-0.39, 0.29) is 25.7 Å². The third-order valence-corrected chi connectivity index (χ3v) is 19.4. The minimum absolute atomic E-state index is 0.105. The molecule has 5 unspecified atom stereocenters. The van der Waals surface area contributed by atoms with Crippen LogP contribution in [0.25, 0.3) is 0 Å². The van der Waals surface area contributed by atoms with E-state index in [4.69, 9.17) is 37.0 Å². The first-order chi connectivity index (χ1) is 44.2. The van der Waals surface area contributed by atoms with E-state index in [2.05, 4.69) is 55.4 Å². The number of aliphatic hydroxyl groups is 1. The van der Waals surface area contributed by atoms with Gasteiger partial charge in [0.1, 0.15) is 19.3 Å². The van der Waals surface area contributed by atoms with Crippen LogP contribution in [0.1, 0.15) is 364 Å². The van der Waals surface area contributed by atoms with Gasteiger partial charge in [0.05, 0.1) is 26.4 Å². The summed E-state index contributed by atoms with van der Waals surface area (Å²) >= 11 is 0. The molecule has 0 bridgehead atoms. The smallest absolute Gasteiger partial charge is 0.462 e. The first-order valence-electron chi connectivity index (χ1n) is 37.8. The van der Waals surface area contributed by atoms with Gasteiger partial charge in [-0.25, -0.2) is 9.13 Å². The Bertz CT molecular complexity index is 1820. The summed E-state index contributed by atoms with van der Waals surface area (Å²) in [5.41, 5.74) is 0. The van der Waals surface area contributed by atoms with Crippen molar-refractivity contribution < 1.29 is 80.2 Å². The highest BCUT2D eigenvalue weighted by molar-refractivity contribution is 7.47. The monoisotopic (exact) mass is 1350 g/mol. The van der Waals surface area contributed by atoms with E-state index in [1.54, 1.807) is 0 Å². The van der Waals surface area contributed by atoms with Gasteiger partial charge in [-0.3, -0.25) is 37.3 Å². The molecule has 0 radical (unpaired) electrons. The maximum absolute atomic E-state index is 13.1. The number of unbranched alkanes of at least 4 members (excludes halogenated alkanes) is 34. The van der Waals surface area contributed by atoms with Crippen LogP contribution in [0.3, 0.4) is 0 Å². The van der Waals surface area contributed by atoms with Gasteiger partial charge in [-0.15, -0.1) is 0 Å². The lowest BCUT2D eigenvalue weighted by Crippen LogP contribution is -2.30. The Morgan fingerprint density at radius 3 is 0.772 bits per heavy atom. The predicted octanol–water partition coefficient (Wildman–Crippen LogP) is 20.9. The summed E-state index contributed by atoms with van der Waals surface area (Å²) in [5, 5.41) is 10.6. The van der Waals surface area contributed by atoms with Crippen LogP contribution in [0.2, 0.25) is 0 Å². The van der Waals surface area contributed by atoms with Gasteiger partial charge in [-0.05, 0) is 49.4 Å². The molecule has 0 aliphatic carbocycles. The number of aliphatic hydroxyl groups excluding tert-OH is 1. The van der Waals surface area contributed by atoms with E-state index < -0.39 is 97.5 Å². The lowest BCUT2D eigenvalue weighted by molar-refractivity contribution is -0.161. The number of phosphoric ester groups is 2. The SMILES string of the molecule is CCC(C)CCCCCCCCCCCCC(=O)O[C@H](COC(=O)CCCCCCCCCCCCCC(C)C)COP(=O)(O)OCC(O)COP(=O)(O)OC[C@@H](COC(=O)CCCCCCCCCC(C)C)OC(=O)CCCCCCCCCCCCC(C)CC. The van der Waals surface area contributed by atoms with Crippen molar-refractivity contribution in [3.8, 4) is 0 Å². The number of carbonyl (C=O) groups excluding carboxylic acids is 4. The summed E-state index contributed by atoms with van der Waals surface area (Å²) in [6.07, 6.45) is 45.7. The second-order valence-corrected chi connectivity index (χ2v) is 30.7. The van der Waals surface area contributed by atoms with Crippen LogP contribution >= 0.6 is 15.6 Å². The molecule has 3 N–H and O–H groups in total. The van der Waals surface area contributed by atoms with Gasteiger partial charge < -0.3 is 33.8 Å². The molecule has 92 heavy (non-hydrogen) atoms. The quantitative estimate of drug-likeness (QED) is 0.0222. The zero-order chi connectivity index (χ0) is 68.2. The molecular weight excluding hydrogens is 1210 g/mol. The maximum atomic E-state index is 13.1. The Kier molecular flexibility index (Phi) is 61.3. The molecular formula is C73H142O17P2. The van der Waals surface area contributed by atoms with Crippen molar-refractivity contribution in [2.45, 2.75) is 382 Å². The fraction of sp³-hybridized carbons (Fsp3) is 0.945. The minimum atomic E-state index is -4.96. The van der Waals surface area contributed by atoms with Crippen LogP contribution in [-0.4, -0.2) is 96.7 Å². The molecule has 0 aliphatic rings. The van der Waals surface area contributed by atoms with Gasteiger partial charge in [0.25, 0.3) is 0 Å². The average Bonchev–Trinajstić information content (AvgIpc) is 1.53. The summed E-state index contributed by atoms with van der Waals surface area (Å²) in [6, 6.07) is 0. The lowest BCUT2D eigenvalue weighted by Gasteiger charge is -2.21. The van der Waals surface area contributed by atoms with Crippen LogP contribution in [0, 0.1) is 23.7 Å². The first kappa shape index (κ1) is 90.1. The van der Waals surface area contributed by atoms with Gasteiger partial charge >= 0.3 is 39.5 Å². The average molecular weight is 1350 g/mol. The summed E-state index contributed by atoms with van der Waals surface area (Å²) in [5.74, 6) is 0.957. The molecule has 0 rings (SSSR count). The van der Waals surface area contributed by atoms with Crippen molar-refractivity contribution in [2.24, 2.45) is 23.7 Å². The Morgan fingerprint density at radius 1 is 0.304 bits per heavy atom. The number of ether oxygens (including phenoxy) is 4. The molecule has 546 valence electrons. The van der Waals surface area contributed by atoms with Gasteiger partial charge in [0.15, 0.2) is 12.2 Å². The molecule has 0 aromatic rings. The van der Waals surface area contributed by atoms with Crippen LogP contribution < -0.4 is 0 Å². The largest absolute Gasteiger partial charge is 0.472 e. The van der Waals surface area contributed by atoms with Gasteiger partial charge in [0.2, 0.25) is 0 Å². The molecule has 7 atom stereocenters. The van der Waals surface area contributed by atoms with Crippen molar-refractivity contribution in [3.63, 3.8) is 0 Å². The van der Waals surface area contributed by atoms with E-state index in [0.717, 1.165) is 114 Å². The molecule has 0 aromatic carbocycles. The molecule has 0 amide bonds. The number of carbonyl (C=O) groups is 4. The molecule has 19 heteroatoms. The van der Waals surface area contributed by atoms with E-state index in [1.807, 2.05) is 0 Å². The van der Waals surface area contributed by atoms with Gasteiger partial charge in [-0.1, -0.05) is 312 Å². The van der Waals surface area contributed by atoms with Gasteiger partial charge in [-0.2, -0.15) is 0 Å². The zero-order valence-corrected chi connectivity index (χ0v) is 62.0. The van der Waals surface area contributed by atoms with Crippen LogP contribution in [-0.2, 0) is 65.4 Å². The molecule has 0 aliphatic heterocycles. The Labute approximate surface area is 562 Å². The normalized spacial score (nSPS) is 14.8. The van der Waals surface area contributed by atoms with Crippen molar-refractivity contribution in [1.29, 1.82) is 0 Å². The fourth-order valence-electron chi connectivity index (χ4n) is 11.0. The molecule has 0 saturated heterocycles. The Balaban J connectivity index is 5.27. The molecule has 0 saturated carbocycles. The highest BCUT2D eigenvalue weighted by Gasteiger charge is 2.30. The lowest BCUT2D eigenvalue weighted by atomic mass is 9.99. The van der Waals surface area contributed by atoms with E-state index in [1.165, 1.54) is 161 Å². The number of rotatable bonds is 70. The second-order valence-electron chi connectivity index (χ2n) is 27.8. The third-order valence-electron chi connectivity index (χ3n) is 17.5. The van der Waals surface area contributed by atoms with Crippen molar-refractivity contribution in [2.75, 3.05) is 39.6 Å². The van der Waals surface area contributed by atoms with Crippen LogP contribution in [0.4, 0.5) is 0 Å². The number of phosphoric acid groups is 2. The molecule has 0 fully saturated rings. The van der Waals surface area contributed by atoms with E-state index in [9.17, 15) is 43.2 Å². The maximum Gasteiger partial charge on any atom is 0.472 e. The highest BCUT2D eigenvalue weighted by atomic mass is 31.2. The van der Waals surface area contributed by atoms with Crippen molar-refractivity contribution in [3.05, 3.63) is 0 Å². The fourth-order valence-corrected chi connectivity index (χ4v) is 12.5. The summed E-state index contributed by atoms with van der Waals surface area (Å²) in [7, 11) is -9.91. The van der Waals surface area contributed by atoms with E-state index >= 15 is 0 Å². The number of esters is 4. The standard InChI is InChI=1S/C73H142O17P2/c1-9-65(7)51-43-35-27-19-14-16-22-30-39-47-55-72(77)89-68(59-83-70(75)53-45-37-29-21-13-11-12-18-25-33-41-49-63(3)4)61-87-91(79,80)85-57-67(74)58-86-92(81,82)88-62-69(60-84-71(76)54-46-38-32-24-26-34-42-50-64(5)6)90-73(78)56-48-40-31-23-17-15-20-28-36-44-52-66(8)10-2/h63-69,74H,9-62H2,1-8H3,(H,79,80)(H,81,82)/t65?,66?,67?,68-,69-/m1/s1. The zero-order valence-electron chi connectivity index (χ0n) is 60.2. The first-order valence-corrected chi connectivity index (χ1v) is 40.8. The molecule has 0 heterocycles. The van der Waals surface area contributed by atoms with Crippen molar-refractivity contribution >= 4 is 39.5 Å². The topological polar surface area (TPSA) is 237 Å². The van der Waals surface area contributed by atoms with Crippen LogP contribution in [0.15, 0.2) is 0 Å². The summed E-state index contributed by atoms with van der Waals surface area (Å²) in [6.45, 7) is 14.2. The van der Waals surface area contributed by atoms with E-state index in [0.29, 0.717) is 31.6 Å². The Hall–Kier alpha value is -1.94.